The second kappa shape index (κ2) is 12.5. The van der Waals surface area contributed by atoms with Gasteiger partial charge in [-0.05, 0) is 42.9 Å². The van der Waals surface area contributed by atoms with E-state index in [1.807, 2.05) is 30.3 Å². The van der Waals surface area contributed by atoms with Crippen LogP contribution in [0.1, 0.15) is 51.9 Å². The standard InChI is InChI=1S/C31H30FN3O5S2/c1-42(39,40)29(30(38)33-18-28(37)34-22-14-15-22)31-35-25-17-24(32)23(16-27(25)41-31)20-10-12-21(13-11-20)26(36)9-5-8-19-6-3-2-4-7-19/h2-4,6-7,10-13,16-17,22,29H,5,8-9,14-15,18H2,1H3,(H,33,38)(H,34,37). The van der Waals surface area contributed by atoms with Crippen molar-refractivity contribution in [2.24, 2.45) is 0 Å². The number of halogens is 1. The normalized spacial score (nSPS) is 14.0. The molecular weight excluding hydrogens is 577 g/mol. The second-order valence-corrected chi connectivity index (χ2v) is 13.7. The predicted octanol–water partition coefficient (Wildman–Crippen LogP) is 4.79. The third kappa shape index (κ3) is 7.27. The minimum Gasteiger partial charge on any atom is -0.352 e. The van der Waals surface area contributed by atoms with Crippen molar-refractivity contribution < 1.29 is 27.2 Å². The van der Waals surface area contributed by atoms with Gasteiger partial charge in [0.2, 0.25) is 11.8 Å². The lowest BCUT2D eigenvalue weighted by atomic mass is 9.99. The van der Waals surface area contributed by atoms with Gasteiger partial charge in [0.25, 0.3) is 0 Å². The highest BCUT2D eigenvalue weighted by molar-refractivity contribution is 7.91. The molecule has 4 aromatic rings. The van der Waals surface area contributed by atoms with Crippen LogP contribution in [0.4, 0.5) is 4.39 Å². The van der Waals surface area contributed by atoms with Crippen LogP contribution in [0.2, 0.25) is 0 Å². The molecule has 1 atom stereocenters. The molecule has 5 rings (SSSR count). The number of nitrogens with zero attached hydrogens (tertiary/aromatic N) is 1. The molecule has 0 bridgehead atoms. The largest absolute Gasteiger partial charge is 0.352 e. The van der Waals surface area contributed by atoms with Crippen LogP contribution in [-0.2, 0) is 25.8 Å². The molecule has 0 saturated heterocycles. The van der Waals surface area contributed by atoms with Gasteiger partial charge in [-0.15, -0.1) is 11.3 Å². The fourth-order valence-corrected chi connectivity index (χ4v) is 7.16. The van der Waals surface area contributed by atoms with Crippen molar-refractivity contribution in [3.8, 4) is 11.1 Å². The van der Waals surface area contributed by atoms with Gasteiger partial charge in [-0.25, -0.2) is 17.8 Å². The molecule has 11 heteroatoms. The molecule has 1 aromatic heterocycles. The summed E-state index contributed by atoms with van der Waals surface area (Å²) in [5.41, 5.74) is 2.75. The minimum absolute atomic E-state index is 0.00983. The number of hydrogen-bond acceptors (Lipinski definition) is 7. The molecule has 1 aliphatic carbocycles. The third-order valence-corrected chi connectivity index (χ3v) is 9.51. The fraction of sp³-hybridized carbons (Fsp3) is 0.290. The number of benzene rings is 3. The zero-order chi connectivity index (χ0) is 29.9. The first-order chi connectivity index (χ1) is 20.1. The predicted molar refractivity (Wildman–Crippen MR) is 160 cm³/mol. The molecule has 0 spiro atoms. The van der Waals surface area contributed by atoms with E-state index in [2.05, 4.69) is 15.6 Å². The lowest BCUT2D eigenvalue weighted by Gasteiger charge is -2.12. The van der Waals surface area contributed by atoms with Crippen LogP contribution in [0.5, 0.6) is 0 Å². The summed E-state index contributed by atoms with van der Waals surface area (Å²) in [5.74, 6) is -1.82. The SMILES string of the molecule is CS(=O)(=O)C(C(=O)NCC(=O)NC1CC1)c1nc2cc(F)c(-c3ccc(C(=O)CCCc4ccccc4)cc3)cc2s1. The Morgan fingerprint density at radius 3 is 2.43 bits per heavy atom. The Kier molecular flexibility index (Phi) is 8.79. The van der Waals surface area contributed by atoms with E-state index in [-0.39, 0.29) is 34.5 Å². The van der Waals surface area contributed by atoms with Gasteiger partial charge in [-0.2, -0.15) is 0 Å². The van der Waals surface area contributed by atoms with Gasteiger partial charge >= 0.3 is 0 Å². The average Bonchev–Trinajstić information content (AvgIpc) is 3.68. The first-order valence-electron chi connectivity index (χ1n) is 13.6. The molecule has 1 fully saturated rings. The van der Waals surface area contributed by atoms with E-state index in [9.17, 15) is 22.8 Å². The zero-order valence-electron chi connectivity index (χ0n) is 22.9. The molecule has 1 aliphatic rings. The van der Waals surface area contributed by atoms with Crippen molar-refractivity contribution in [2.75, 3.05) is 12.8 Å². The summed E-state index contributed by atoms with van der Waals surface area (Å²) in [6, 6.07) is 19.5. The van der Waals surface area contributed by atoms with Crippen molar-refractivity contribution in [2.45, 2.75) is 43.4 Å². The lowest BCUT2D eigenvalue weighted by Crippen LogP contribution is -2.41. The number of carbonyl (C=O) groups is 3. The molecule has 42 heavy (non-hydrogen) atoms. The fourth-order valence-electron chi connectivity index (χ4n) is 4.63. The molecule has 0 aliphatic heterocycles. The molecule has 218 valence electrons. The number of aryl methyl sites for hydroxylation is 1. The summed E-state index contributed by atoms with van der Waals surface area (Å²) in [6.07, 6.45) is 4.62. The van der Waals surface area contributed by atoms with Crippen molar-refractivity contribution in [1.29, 1.82) is 0 Å². The summed E-state index contributed by atoms with van der Waals surface area (Å²) in [4.78, 5) is 41.8. The number of aromatic nitrogens is 1. The Morgan fingerprint density at radius 1 is 1.05 bits per heavy atom. The van der Waals surface area contributed by atoms with E-state index in [0.717, 1.165) is 43.3 Å². The Morgan fingerprint density at radius 2 is 1.76 bits per heavy atom. The van der Waals surface area contributed by atoms with Crippen molar-refractivity contribution in [3.05, 3.63) is 88.7 Å². The number of rotatable bonds is 12. The Bertz CT molecular complexity index is 1730. The van der Waals surface area contributed by atoms with E-state index < -0.39 is 32.7 Å². The first kappa shape index (κ1) is 29.5. The number of Topliss-reactive ketones (excluding diaryl/α,β-unsaturated/α-hetero) is 1. The summed E-state index contributed by atoms with van der Waals surface area (Å²) >= 11 is 0.976. The Hall–Kier alpha value is -3.96. The first-order valence-corrected chi connectivity index (χ1v) is 16.4. The number of ketones is 1. The summed E-state index contributed by atoms with van der Waals surface area (Å²) in [5, 5.41) is 3.46. The third-order valence-electron chi connectivity index (χ3n) is 6.98. The maximum Gasteiger partial charge on any atom is 0.245 e. The Balaban J connectivity index is 1.30. The number of amides is 2. The maximum absolute atomic E-state index is 15.2. The van der Waals surface area contributed by atoms with Gasteiger partial charge in [-0.3, -0.25) is 14.4 Å². The molecule has 1 heterocycles. The van der Waals surface area contributed by atoms with Gasteiger partial charge in [0.1, 0.15) is 10.8 Å². The van der Waals surface area contributed by atoms with Crippen LogP contribution < -0.4 is 10.6 Å². The van der Waals surface area contributed by atoms with Crippen LogP contribution in [0, 0.1) is 5.82 Å². The van der Waals surface area contributed by atoms with E-state index in [0.29, 0.717) is 22.2 Å². The summed E-state index contributed by atoms with van der Waals surface area (Å²) in [6.45, 7) is -0.351. The van der Waals surface area contributed by atoms with Gasteiger partial charge in [0.05, 0.1) is 16.8 Å². The summed E-state index contributed by atoms with van der Waals surface area (Å²) in [7, 11) is -3.95. The van der Waals surface area contributed by atoms with Crippen LogP contribution >= 0.6 is 11.3 Å². The number of fused-ring (bicyclic) bond motifs is 1. The monoisotopic (exact) mass is 607 g/mol. The van der Waals surface area contributed by atoms with Crippen molar-refractivity contribution in [3.63, 3.8) is 0 Å². The number of sulfone groups is 1. The molecule has 1 unspecified atom stereocenters. The van der Waals surface area contributed by atoms with E-state index >= 15 is 4.39 Å². The molecular formula is C31H30FN3O5S2. The highest BCUT2D eigenvalue weighted by Crippen LogP contribution is 2.35. The van der Waals surface area contributed by atoms with Gasteiger partial charge in [0.15, 0.2) is 20.9 Å². The van der Waals surface area contributed by atoms with Gasteiger partial charge in [-0.1, -0.05) is 54.6 Å². The van der Waals surface area contributed by atoms with Crippen LogP contribution in [0.3, 0.4) is 0 Å². The molecule has 2 N–H and O–H groups in total. The topological polar surface area (TPSA) is 122 Å². The highest BCUT2D eigenvalue weighted by Gasteiger charge is 2.34. The number of thiazole rings is 1. The smallest absolute Gasteiger partial charge is 0.245 e. The molecule has 2 amide bonds. The average molecular weight is 608 g/mol. The number of carbonyl (C=O) groups excluding carboxylic acids is 3. The molecule has 3 aromatic carbocycles. The van der Waals surface area contributed by atoms with Crippen LogP contribution in [0.15, 0.2) is 66.7 Å². The summed E-state index contributed by atoms with van der Waals surface area (Å²) < 4.78 is 40.8. The molecule has 1 saturated carbocycles. The highest BCUT2D eigenvalue weighted by atomic mass is 32.2. The van der Waals surface area contributed by atoms with E-state index in [4.69, 9.17) is 0 Å². The second-order valence-electron chi connectivity index (χ2n) is 10.5. The minimum atomic E-state index is -3.95. The number of hydrogen-bond donors (Lipinski definition) is 2. The van der Waals surface area contributed by atoms with E-state index in [1.54, 1.807) is 30.3 Å². The van der Waals surface area contributed by atoms with Gasteiger partial charge in [0, 0.05) is 35.9 Å². The van der Waals surface area contributed by atoms with Gasteiger partial charge < -0.3 is 10.6 Å². The van der Waals surface area contributed by atoms with Crippen molar-refractivity contribution >= 4 is 49.0 Å². The Labute approximate surface area is 247 Å². The van der Waals surface area contributed by atoms with Crippen LogP contribution in [-0.4, -0.2) is 49.8 Å². The van der Waals surface area contributed by atoms with Crippen LogP contribution in [0.25, 0.3) is 21.3 Å². The quantitative estimate of drug-likeness (QED) is 0.224. The zero-order valence-corrected chi connectivity index (χ0v) is 24.6. The van der Waals surface area contributed by atoms with E-state index in [1.165, 1.54) is 11.6 Å². The lowest BCUT2D eigenvalue weighted by molar-refractivity contribution is -0.126. The molecule has 0 radical (unpaired) electrons. The molecule has 8 nitrogen and oxygen atoms in total. The maximum atomic E-state index is 15.2. The number of nitrogens with one attached hydrogen (secondary N) is 2. The van der Waals surface area contributed by atoms with Crippen molar-refractivity contribution in [1.82, 2.24) is 15.6 Å².